The summed E-state index contributed by atoms with van der Waals surface area (Å²) >= 11 is 7.70. The van der Waals surface area contributed by atoms with Crippen LogP contribution < -0.4 is 10.0 Å². The molecule has 1 saturated heterocycles. The number of anilines is 1. The molecule has 0 radical (unpaired) electrons. The predicted octanol–water partition coefficient (Wildman–Crippen LogP) is 4.48. The maximum absolute atomic E-state index is 12.7. The number of amides is 1. The highest BCUT2D eigenvalue weighted by Gasteiger charge is 2.23. The van der Waals surface area contributed by atoms with E-state index in [2.05, 4.69) is 15.0 Å². The van der Waals surface area contributed by atoms with Gasteiger partial charge in [0.15, 0.2) is 0 Å². The minimum absolute atomic E-state index is 0.0456. The Morgan fingerprint density at radius 3 is 2.69 bits per heavy atom. The van der Waals surface area contributed by atoms with Gasteiger partial charge in [-0.1, -0.05) is 23.7 Å². The SMILES string of the molecule is Cc1nc(-c2ccc(NC(=O)c3ccc(Cl)c(S(=O)(=O)NC[C@H]4CCCO4)c3)cc2)cs1. The number of hydrogen-bond acceptors (Lipinski definition) is 6. The van der Waals surface area contributed by atoms with Gasteiger partial charge in [-0.05, 0) is 50.1 Å². The number of nitrogens with zero attached hydrogens (tertiary/aromatic N) is 1. The number of aryl methyl sites for hydroxylation is 1. The van der Waals surface area contributed by atoms with Crippen LogP contribution in [-0.4, -0.2) is 38.6 Å². The molecule has 1 aromatic heterocycles. The van der Waals surface area contributed by atoms with E-state index in [0.29, 0.717) is 12.3 Å². The Hall–Kier alpha value is -2.30. The van der Waals surface area contributed by atoms with E-state index in [4.69, 9.17) is 16.3 Å². The van der Waals surface area contributed by atoms with E-state index in [1.807, 2.05) is 24.4 Å². The summed E-state index contributed by atoms with van der Waals surface area (Å²) in [4.78, 5) is 17.0. The molecule has 2 aromatic carbocycles. The molecule has 2 N–H and O–H groups in total. The van der Waals surface area contributed by atoms with Crippen LogP contribution in [0.15, 0.2) is 52.7 Å². The molecule has 0 unspecified atom stereocenters. The lowest BCUT2D eigenvalue weighted by Gasteiger charge is -2.13. The average Bonchev–Trinajstić information content (AvgIpc) is 3.45. The first kappa shape index (κ1) is 22.9. The highest BCUT2D eigenvalue weighted by molar-refractivity contribution is 7.89. The number of carbonyl (C=O) groups excluding carboxylic acids is 1. The van der Waals surface area contributed by atoms with Crippen molar-refractivity contribution in [2.75, 3.05) is 18.5 Å². The Bertz CT molecular complexity index is 1220. The minimum atomic E-state index is -3.89. The Kier molecular flexibility index (Phi) is 6.92. The summed E-state index contributed by atoms with van der Waals surface area (Å²) in [6.07, 6.45) is 1.57. The Labute approximate surface area is 195 Å². The number of hydrogen-bond donors (Lipinski definition) is 2. The molecule has 0 saturated carbocycles. The second-order valence-electron chi connectivity index (χ2n) is 7.42. The molecular formula is C22H22ClN3O4S2. The van der Waals surface area contributed by atoms with Gasteiger partial charge in [0.2, 0.25) is 10.0 Å². The molecule has 2 heterocycles. The second kappa shape index (κ2) is 9.68. The molecule has 32 heavy (non-hydrogen) atoms. The zero-order chi connectivity index (χ0) is 22.7. The van der Waals surface area contributed by atoms with Crippen LogP contribution in [0.5, 0.6) is 0 Å². The number of halogens is 1. The highest BCUT2D eigenvalue weighted by Crippen LogP contribution is 2.25. The van der Waals surface area contributed by atoms with Crippen molar-refractivity contribution in [3.63, 3.8) is 0 Å². The number of thiazole rings is 1. The van der Waals surface area contributed by atoms with E-state index in [9.17, 15) is 13.2 Å². The number of nitrogens with one attached hydrogen (secondary N) is 2. The first-order valence-corrected chi connectivity index (χ1v) is 12.8. The molecule has 10 heteroatoms. The van der Waals surface area contributed by atoms with E-state index < -0.39 is 15.9 Å². The smallest absolute Gasteiger partial charge is 0.255 e. The standard InChI is InChI=1S/C22H22ClN3O4S2/c1-14-25-20(13-31-14)15-4-7-17(8-5-15)26-22(27)16-6-9-19(23)21(11-16)32(28,29)24-12-18-3-2-10-30-18/h4-9,11,13,18,24H,2-3,10,12H2,1H3,(H,26,27)/t18-/m1/s1. The Balaban J connectivity index is 1.46. The molecule has 3 aromatic rings. The van der Waals surface area contributed by atoms with Gasteiger partial charge in [-0.15, -0.1) is 11.3 Å². The lowest BCUT2D eigenvalue weighted by Crippen LogP contribution is -2.32. The predicted molar refractivity (Wildman–Crippen MR) is 126 cm³/mol. The van der Waals surface area contributed by atoms with E-state index in [1.165, 1.54) is 18.2 Å². The topological polar surface area (TPSA) is 97.4 Å². The summed E-state index contributed by atoms with van der Waals surface area (Å²) in [6.45, 7) is 2.74. The van der Waals surface area contributed by atoms with E-state index in [1.54, 1.807) is 23.5 Å². The maximum atomic E-state index is 12.7. The molecule has 168 valence electrons. The molecule has 4 rings (SSSR count). The number of aromatic nitrogens is 1. The van der Waals surface area contributed by atoms with Crippen molar-refractivity contribution in [3.8, 4) is 11.3 Å². The normalized spacial score (nSPS) is 16.2. The Morgan fingerprint density at radius 1 is 1.25 bits per heavy atom. The van der Waals surface area contributed by atoms with Gasteiger partial charge in [0.1, 0.15) is 4.90 Å². The highest BCUT2D eigenvalue weighted by atomic mass is 35.5. The van der Waals surface area contributed by atoms with Crippen LogP contribution in [0.2, 0.25) is 5.02 Å². The summed E-state index contributed by atoms with van der Waals surface area (Å²) in [7, 11) is -3.89. The molecule has 1 aliphatic rings. The number of ether oxygens (including phenoxy) is 1. The summed E-state index contributed by atoms with van der Waals surface area (Å²) in [5.41, 5.74) is 2.60. The van der Waals surface area contributed by atoms with Gasteiger partial charge in [0.25, 0.3) is 5.91 Å². The number of benzene rings is 2. The average molecular weight is 492 g/mol. The zero-order valence-electron chi connectivity index (χ0n) is 17.3. The van der Waals surface area contributed by atoms with Crippen molar-refractivity contribution >= 4 is 44.6 Å². The van der Waals surface area contributed by atoms with Gasteiger partial charge in [-0.25, -0.2) is 18.1 Å². The van der Waals surface area contributed by atoms with Crippen molar-refractivity contribution < 1.29 is 17.9 Å². The maximum Gasteiger partial charge on any atom is 0.255 e. The number of rotatable bonds is 7. The molecule has 1 aliphatic heterocycles. The second-order valence-corrected chi connectivity index (χ2v) is 10.6. The van der Waals surface area contributed by atoms with Crippen LogP contribution in [0.4, 0.5) is 5.69 Å². The Morgan fingerprint density at radius 2 is 2.03 bits per heavy atom. The van der Waals surface area contributed by atoms with Gasteiger partial charge < -0.3 is 10.1 Å². The third-order valence-electron chi connectivity index (χ3n) is 5.07. The molecule has 1 atom stereocenters. The monoisotopic (exact) mass is 491 g/mol. The first-order valence-electron chi connectivity index (χ1n) is 10.1. The fourth-order valence-corrected chi connectivity index (χ4v) is 5.57. The van der Waals surface area contributed by atoms with Gasteiger partial charge in [0, 0.05) is 35.3 Å². The first-order chi connectivity index (χ1) is 15.3. The van der Waals surface area contributed by atoms with Crippen LogP contribution in [0.3, 0.4) is 0 Å². The number of carbonyl (C=O) groups is 1. The molecular weight excluding hydrogens is 470 g/mol. The summed E-state index contributed by atoms with van der Waals surface area (Å²) in [5, 5.41) is 5.79. The minimum Gasteiger partial charge on any atom is -0.377 e. The summed E-state index contributed by atoms with van der Waals surface area (Å²) in [6, 6.07) is 11.5. The summed E-state index contributed by atoms with van der Waals surface area (Å²) in [5.74, 6) is -0.436. The van der Waals surface area contributed by atoms with Crippen molar-refractivity contribution in [1.29, 1.82) is 0 Å². The fraction of sp³-hybridized carbons (Fsp3) is 0.273. The van der Waals surface area contributed by atoms with Gasteiger partial charge in [-0.2, -0.15) is 0 Å². The van der Waals surface area contributed by atoms with Crippen LogP contribution in [0, 0.1) is 6.92 Å². The van der Waals surface area contributed by atoms with Crippen LogP contribution >= 0.6 is 22.9 Å². The lowest BCUT2D eigenvalue weighted by molar-refractivity contribution is 0.102. The molecule has 7 nitrogen and oxygen atoms in total. The van der Waals surface area contributed by atoms with Gasteiger partial charge in [0.05, 0.1) is 21.8 Å². The zero-order valence-corrected chi connectivity index (χ0v) is 19.7. The van der Waals surface area contributed by atoms with Gasteiger partial charge >= 0.3 is 0 Å². The third-order valence-corrected chi connectivity index (χ3v) is 7.74. The number of sulfonamides is 1. The van der Waals surface area contributed by atoms with Crippen molar-refractivity contribution in [3.05, 3.63) is 63.4 Å². The molecule has 1 fully saturated rings. The van der Waals surface area contributed by atoms with Crippen LogP contribution in [-0.2, 0) is 14.8 Å². The molecule has 0 aliphatic carbocycles. The molecule has 0 bridgehead atoms. The largest absolute Gasteiger partial charge is 0.377 e. The quantitative estimate of drug-likeness (QED) is 0.507. The van der Waals surface area contributed by atoms with E-state index >= 15 is 0 Å². The van der Waals surface area contributed by atoms with E-state index in [-0.39, 0.29) is 28.1 Å². The summed E-state index contributed by atoms with van der Waals surface area (Å²) < 4.78 is 33.4. The third kappa shape index (κ3) is 5.36. The fourth-order valence-electron chi connectivity index (χ4n) is 3.36. The van der Waals surface area contributed by atoms with Crippen molar-refractivity contribution in [2.45, 2.75) is 30.8 Å². The van der Waals surface area contributed by atoms with Gasteiger partial charge in [-0.3, -0.25) is 4.79 Å². The van der Waals surface area contributed by atoms with Crippen molar-refractivity contribution in [1.82, 2.24) is 9.71 Å². The van der Waals surface area contributed by atoms with Crippen LogP contribution in [0.25, 0.3) is 11.3 Å². The molecule has 1 amide bonds. The van der Waals surface area contributed by atoms with Crippen molar-refractivity contribution in [2.24, 2.45) is 0 Å². The van der Waals surface area contributed by atoms with Crippen LogP contribution in [0.1, 0.15) is 28.2 Å². The lowest BCUT2D eigenvalue weighted by atomic mass is 10.1. The van der Waals surface area contributed by atoms with E-state index in [0.717, 1.165) is 29.1 Å². The molecule has 0 spiro atoms.